The zero-order valence-electron chi connectivity index (χ0n) is 8.96. The molecule has 0 saturated carbocycles. The van der Waals surface area contributed by atoms with E-state index in [1.54, 1.807) is 0 Å². The van der Waals surface area contributed by atoms with Crippen LogP contribution in [0.5, 0.6) is 0 Å². The second-order valence-electron chi connectivity index (χ2n) is 3.47. The van der Waals surface area contributed by atoms with E-state index in [1.165, 1.54) is 6.92 Å². The van der Waals surface area contributed by atoms with Gasteiger partial charge in [0.05, 0.1) is 0 Å². The van der Waals surface area contributed by atoms with Gasteiger partial charge in [0.1, 0.15) is 5.56 Å². The largest absolute Gasteiger partial charge is 0.348 e. The quantitative estimate of drug-likeness (QED) is 0.394. The van der Waals surface area contributed by atoms with E-state index < -0.39 is 46.6 Å². The Morgan fingerprint density at radius 2 is 1.44 bits per heavy atom. The van der Waals surface area contributed by atoms with Crippen molar-refractivity contribution < 1.29 is 26.7 Å². The summed E-state index contributed by atoms with van der Waals surface area (Å²) >= 11 is 5.34. The van der Waals surface area contributed by atoms with E-state index in [4.69, 9.17) is 11.6 Å². The third-order valence-electron chi connectivity index (χ3n) is 2.05. The summed E-state index contributed by atoms with van der Waals surface area (Å²) in [6.07, 6.45) is 0. The number of halogens is 6. The highest BCUT2D eigenvalue weighted by atomic mass is 35.5. The molecule has 0 aliphatic heterocycles. The zero-order valence-corrected chi connectivity index (χ0v) is 9.72. The SMILES string of the molecule is CC(CCl)NC(=O)c1c(F)c(F)c(F)c(F)c1F. The van der Waals surface area contributed by atoms with Crippen molar-refractivity contribution in [2.45, 2.75) is 13.0 Å². The number of benzene rings is 1. The molecule has 1 rings (SSSR count). The van der Waals surface area contributed by atoms with Gasteiger partial charge < -0.3 is 5.32 Å². The van der Waals surface area contributed by atoms with E-state index in [9.17, 15) is 26.7 Å². The number of hydrogen-bond donors (Lipinski definition) is 1. The summed E-state index contributed by atoms with van der Waals surface area (Å²) in [6.45, 7) is 1.40. The molecule has 0 radical (unpaired) electrons. The van der Waals surface area contributed by atoms with Crippen molar-refractivity contribution in [1.82, 2.24) is 5.32 Å². The lowest BCUT2D eigenvalue weighted by Gasteiger charge is -2.12. The molecular formula is C10H7ClF5NO. The summed E-state index contributed by atoms with van der Waals surface area (Å²) in [6, 6.07) is -0.686. The maximum Gasteiger partial charge on any atom is 0.257 e. The second kappa shape index (κ2) is 5.51. The fourth-order valence-corrected chi connectivity index (χ4v) is 1.22. The van der Waals surface area contributed by atoms with Crippen molar-refractivity contribution in [1.29, 1.82) is 0 Å². The van der Waals surface area contributed by atoms with Crippen molar-refractivity contribution >= 4 is 17.5 Å². The van der Waals surface area contributed by atoms with Crippen molar-refractivity contribution in [3.63, 3.8) is 0 Å². The third kappa shape index (κ3) is 2.55. The number of rotatable bonds is 3. The minimum atomic E-state index is -2.31. The van der Waals surface area contributed by atoms with Crippen LogP contribution in [0.25, 0.3) is 0 Å². The molecule has 0 aliphatic rings. The molecule has 100 valence electrons. The Hall–Kier alpha value is -1.37. The number of nitrogens with one attached hydrogen (secondary N) is 1. The van der Waals surface area contributed by atoms with Crippen LogP contribution in [0.3, 0.4) is 0 Å². The minimum absolute atomic E-state index is 0.0822. The van der Waals surface area contributed by atoms with Crippen molar-refractivity contribution in [3.05, 3.63) is 34.6 Å². The van der Waals surface area contributed by atoms with Gasteiger partial charge in [-0.05, 0) is 6.92 Å². The monoisotopic (exact) mass is 287 g/mol. The number of amides is 1. The minimum Gasteiger partial charge on any atom is -0.348 e. The first-order chi connectivity index (χ1) is 8.31. The molecule has 0 aliphatic carbocycles. The van der Waals surface area contributed by atoms with Crippen LogP contribution in [0.15, 0.2) is 0 Å². The highest BCUT2D eigenvalue weighted by Gasteiger charge is 2.29. The smallest absolute Gasteiger partial charge is 0.257 e. The Kier molecular flexibility index (Phi) is 4.50. The van der Waals surface area contributed by atoms with Gasteiger partial charge in [-0.3, -0.25) is 4.79 Å². The van der Waals surface area contributed by atoms with Crippen molar-refractivity contribution in [2.24, 2.45) is 0 Å². The van der Waals surface area contributed by atoms with Crippen LogP contribution in [-0.4, -0.2) is 17.8 Å². The van der Waals surface area contributed by atoms with E-state index >= 15 is 0 Å². The van der Waals surface area contributed by atoms with Gasteiger partial charge in [0, 0.05) is 11.9 Å². The number of carbonyl (C=O) groups is 1. The average Bonchev–Trinajstić information content (AvgIpc) is 2.34. The molecule has 1 aromatic rings. The van der Waals surface area contributed by atoms with Crippen LogP contribution < -0.4 is 5.32 Å². The van der Waals surface area contributed by atoms with Crippen LogP contribution in [0, 0.1) is 29.1 Å². The second-order valence-corrected chi connectivity index (χ2v) is 3.78. The van der Waals surface area contributed by atoms with Gasteiger partial charge >= 0.3 is 0 Å². The third-order valence-corrected chi connectivity index (χ3v) is 2.51. The number of alkyl halides is 1. The molecule has 0 spiro atoms. The first-order valence-electron chi connectivity index (χ1n) is 4.69. The van der Waals surface area contributed by atoms with Gasteiger partial charge in [0.15, 0.2) is 23.3 Å². The molecule has 2 nitrogen and oxygen atoms in total. The maximum absolute atomic E-state index is 13.2. The predicted molar refractivity (Wildman–Crippen MR) is 53.9 cm³/mol. The molecule has 0 heterocycles. The zero-order chi connectivity index (χ0) is 14.0. The first kappa shape index (κ1) is 14.7. The molecule has 0 aromatic heterocycles. The standard InChI is InChI=1S/C10H7ClF5NO/c1-3(2-11)17-10(18)4-5(12)7(14)9(16)8(15)6(4)13/h3H,2H2,1H3,(H,17,18). The molecule has 1 atom stereocenters. The summed E-state index contributed by atoms with van der Waals surface area (Å²) in [5.41, 5.74) is -1.52. The van der Waals surface area contributed by atoms with Crippen molar-refractivity contribution in [2.75, 3.05) is 5.88 Å². The van der Waals surface area contributed by atoms with Crippen LogP contribution in [-0.2, 0) is 0 Å². The summed E-state index contributed by atoms with van der Waals surface area (Å²) in [5, 5.41) is 1.99. The van der Waals surface area contributed by atoms with Crippen molar-refractivity contribution in [3.8, 4) is 0 Å². The Bertz CT molecular complexity index is 465. The Morgan fingerprint density at radius 3 is 1.83 bits per heavy atom. The van der Waals surface area contributed by atoms with Gasteiger partial charge in [0.25, 0.3) is 5.91 Å². The first-order valence-corrected chi connectivity index (χ1v) is 5.23. The molecule has 0 bridgehead atoms. The molecular weight excluding hydrogens is 281 g/mol. The normalized spacial score (nSPS) is 12.4. The van der Waals surface area contributed by atoms with Gasteiger partial charge in [0.2, 0.25) is 5.82 Å². The maximum atomic E-state index is 13.2. The fraction of sp³-hybridized carbons (Fsp3) is 0.300. The fourth-order valence-electron chi connectivity index (χ4n) is 1.14. The van der Waals surface area contributed by atoms with Gasteiger partial charge in [-0.25, -0.2) is 22.0 Å². The number of carbonyl (C=O) groups excluding carboxylic acids is 1. The Balaban J connectivity index is 3.29. The molecule has 8 heteroatoms. The molecule has 1 aromatic carbocycles. The molecule has 1 amide bonds. The predicted octanol–water partition coefficient (Wildman–Crippen LogP) is 2.74. The van der Waals surface area contributed by atoms with Crippen LogP contribution in [0.2, 0.25) is 0 Å². The highest BCUT2D eigenvalue weighted by Crippen LogP contribution is 2.22. The van der Waals surface area contributed by atoms with Gasteiger partial charge in [-0.15, -0.1) is 11.6 Å². The van der Waals surface area contributed by atoms with Gasteiger partial charge in [-0.1, -0.05) is 0 Å². The topological polar surface area (TPSA) is 29.1 Å². The van der Waals surface area contributed by atoms with Gasteiger partial charge in [-0.2, -0.15) is 0 Å². The molecule has 0 fully saturated rings. The summed E-state index contributed by atoms with van der Waals surface area (Å²) in [5.74, 6) is -12.5. The highest BCUT2D eigenvalue weighted by molar-refractivity contribution is 6.18. The molecule has 1 unspecified atom stereocenters. The van der Waals surface area contributed by atoms with E-state index in [0.717, 1.165) is 0 Å². The van der Waals surface area contributed by atoms with E-state index in [0.29, 0.717) is 0 Å². The summed E-state index contributed by atoms with van der Waals surface area (Å²) in [4.78, 5) is 11.4. The van der Waals surface area contributed by atoms with Crippen LogP contribution in [0.1, 0.15) is 17.3 Å². The lowest BCUT2D eigenvalue weighted by atomic mass is 10.1. The Morgan fingerprint density at radius 1 is 1.06 bits per heavy atom. The summed E-state index contributed by atoms with van der Waals surface area (Å²) < 4.78 is 64.7. The summed E-state index contributed by atoms with van der Waals surface area (Å²) in [7, 11) is 0. The molecule has 18 heavy (non-hydrogen) atoms. The van der Waals surface area contributed by atoms with Crippen LogP contribution in [0.4, 0.5) is 22.0 Å². The molecule has 0 saturated heterocycles. The van der Waals surface area contributed by atoms with E-state index in [1.807, 2.05) is 5.32 Å². The average molecular weight is 288 g/mol. The van der Waals surface area contributed by atoms with E-state index in [-0.39, 0.29) is 5.88 Å². The number of hydrogen-bond acceptors (Lipinski definition) is 1. The van der Waals surface area contributed by atoms with E-state index in [2.05, 4.69) is 0 Å². The lowest BCUT2D eigenvalue weighted by Crippen LogP contribution is -2.35. The van der Waals surface area contributed by atoms with Crippen LogP contribution >= 0.6 is 11.6 Å². The Labute approximate surface area is 104 Å². The molecule has 1 N–H and O–H groups in total. The lowest BCUT2D eigenvalue weighted by molar-refractivity contribution is 0.0931.